The van der Waals surface area contributed by atoms with E-state index in [4.69, 9.17) is 27.9 Å². The summed E-state index contributed by atoms with van der Waals surface area (Å²) in [5, 5.41) is 5.65. The quantitative estimate of drug-likeness (QED) is 0.145. The van der Waals surface area contributed by atoms with Crippen molar-refractivity contribution in [3.05, 3.63) is 92.7 Å². The lowest BCUT2D eigenvalue weighted by Gasteiger charge is -2.13. The Morgan fingerprint density at radius 2 is 1.80 bits per heavy atom. The van der Waals surface area contributed by atoms with Crippen molar-refractivity contribution in [2.75, 3.05) is 12.4 Å². The second-order valence-corrected chi connectivity index (χ2v) is 8.95. The van der Waals surface area contributed by atoms with Crippen molar-refractivity contribution >= 4 is 58.0 Å². The molecule has 3 aromatic carbocycles. The number of para-hydroxylation sites is 1. The van der Waals surface area contributed by atoms with Gasteiger partial charge in [0.2, 0.25) is 0 Å². The molecule has 0 saturated carbocycles. The van der Waals surface area contributed by atoms with Gasteiger partial charge < -0.3 is 4.74 Å². The zero-order valence-electron chi connectivity index (χ0n) is 18.6. The summed E-state index contributed by atoms with van der Waals surface area (Å²) in [7, 11) is 0. The van der Waals surface area contributed by atoms with Gasteiger partial charge in [0.1, 0.15) is 5.75 Å². The molecule has 0 aliphatic carbocycles. The van der Waals surface area contributed by atoms with E-state index >= 15 is 0 Å². The number of nitrogens with zero attached hydrogens (tertiary/aromatic N) is 3. The topological polar surface area (TPSA) is 85.6 Å². The minimum atomic E-state index is -0.380. The molecule has 0 fully saturated rings. The highest BCUT2D eigenvalue weighted by Gasteiger charge is 2.15. The molecule has 0 aliphatic heterocycles. The van der Waals surface area contributed by atoms with E-state index in [1.54, 1.807) is 60.7 Å². The molecule has 178 valence electrons. The monoisotopic (exact) mass is 526 g/mol. The average Bonchev–Trinajstić information content (AvgIpc) is 2.85. The van der Waals surface area contributed by atoms with Crippen molar-refractivity contribution in [1.82, 2.24) is 15.0 Å². The van der Waals surface area contributed by atoms with Gasteiger partial charge in [-0.2, -0.15) is 5.10 Å². The van der Waals surface area contributed by atoms with E-state index in [2.05, 4.69) is 15.5 Å². The molecular weight excluding hydrogens is 507 g/mol. The minimum Gasteiger partial charge on any atom is -0.494 e. The SMILES string of the molecule is CCOc1ccc(-n2c(SCC(=O)NN=Cc3c(Cl)cccc3Cl)nc3ccccc3c2=O)cc1. The van der Waals surface area contributed by atoms with Crippen molar-refractivity contribution in [3.8, 4) is 11.4 Å². The van der Waals surface area contributed by atoms with Crippen LogP contribution in [0.4, 0.5) is 0 Å². The third kappa shape index (κ3) is 5.85. The number of hydrogen-bond acceptors (Lipinski definition) is 6. The van der Waals surface area contributed by atoms with Crippen molar-refractivity contribution < 1.29 is 9.53 Å². The van der Waals surface area contributed by atoms with Crippen LogP contribution in [0.25, 0.3) is 16.6 Å². The number of aromatic nitrogens is 2. The van der Waals surface area contributed by atoms with Crippen molar-refractivity contribution in [1.29, 1.82) is 0 Å². The Kier molecular flexibility index (Phi) is 8.07. The Hall–Kier alpha value is -3.33. The molecule has 35 heavy (non-hydrogen) atoms. The number of halogens is 2. The molecule has 1 heterocycles. The zero-order valence-corrected chi connectivity index (χ0v) is 20.9. The van der Waals surface area contributed by atoms with Gasteiger partial charge in [0, 0.05) is 5.56 Å². The normalized spacial score (nSPS) is 11.2. The predicted molar refractivity (Wildman–Crippen MR) is 141 cm³/mol. The number of rotatable bonds is 8. The Morgan fingerprint density at radius 1 is 1.09 bits per heavy atom. The van der Waals surface area contributed by atoms with Crippen molar-refractivity contribution in [2.45, 2.75) is 12.1 Å². The fourth-order valence-corrected chi connectivity index (χ4v) is 4.56. The van der Waals surface area contributed by atoms with E-state index in [1.807, 2.05) is 13.0 Å². The number of amides is 1. The number of carbonyl (C=O) groups is 1. The lowest BCUT2D eigenvalue weighted by molar-refractivity contribution is -0.118. The summed E-state index contributed by atoms with van der Waals surface area (Å²) in [5.41, 5.74) is 3.89. The maximum Gasteiger partial charge on any atom is 0.266 e. The van der Waals surface area contributed by atoms with Crippen LogP contribution in [0.2, 0.25) is 10.0 Å². The highest BCUT2D eigenvalue weighted by molar-refractivity contribution is 7.99. The number of carbonyl (C=O) groups excluding carboxylic acids is 1. The average molecular weight is 527 g/mol. The van der Waals surface area contributed by atoms with E-state index in [-0.39, 0.29) is 17.2 Å². The standard InChI is InChI=1S/C25H20Cl2N4O3S/c1-2-34-17-12-10-16(11-13-17)31-24(33)18-6-3-4-9-22(18)29-25(31)35-15-23(32)30-28-14-19-20(26)7-5-8-21(19)27/h3-14H,2,15H2,1H3,(H,30,32). The van der Waals surface area contributed by atoms with Gasteiger partial charge in [-0.1, -0.05) is 53.2 Å². The van der Waals surface area contributed by atoms with E-state index < -0.39 is 0 Å². The fourth-order valence-electron chi connectivity index (χ4n) is 3.26. The summed E-state index contributed by atoms with van der Waals surface area (Å²) in [5.74, 6) is 0.299. The maximum atomic E-state index is 13.3. The van der Waals surface area contributed by atoms with Gasteiger partial charge in [0.05, 0.1) is 45.2 Å². The molecule has 1 amide bonds. The molecule has 0 bridgehead atoms. The molecular formula is C25H20Cl2N4O3S. The molecule has 7 nitrogen and oxygen atoms in total. The summed E-state index contributed by atoms with van der Waals surface area (Å²) in [6.07, 6.45) is 1.39. The highest BCUT2D eigenvalue weighted by Crippen LogP contribution is 2.24. The fraction of sp³-hybridized carbons (Fsp3) is 0.120. The molecule has 0 spiro atoms. The Balaban J connectivity index is 1.57. The Bertz CT molecular complexity index is 1440. The summed E-state index contributed by atoms with van der Waals surface area (Å²) in [6, 6.07) is 19.3. The molecule has 1 aromatic heterocycles. The van der Waals surface area contributed by atoms with Gasteiger partial charge in [-0.25, -0.2) is 10.4 Å². The van der Waals surface area contributed by atoms with Gasteiger partial charge in [-0.05, 0) is 55.5 Å². The summed E-state index contributed by atoms with van der Waals surface area (Å²) < 4.78 is 6.99. The van der Waals surface area contributed by atoms with Crippen LogP contribution in [0, 0.1) is 0 Å². The van der Waals surface area contributed by atoms with E-state index in [1.165, 1.54) is 10.8 Å². The zero-order chi connectivity index (χ0) is 24.8. The van der Waals surface area contributed by atoms with Gasteiger partial charge in [0.15, 0.2) is 5.16 Å². The number of hydrogen-bond donors (Lipinski definition) is 1. The summed E-state index contributed by atoms with van der Waals surface area (Å²) in [4.78, 5) is 30.4. The maximum absolute atomic E-state index is 13.3. The summed E-state index contributed by atoms with van der Waals surface area (Å²) in [6.45, 7) is 2.44. The third-order valence-corrected chi connectivity index (χ3v) is 6.46. The smallest absolute Gasteiger partial charge is 0.266 e. The highest BCUT2D eigenvalue weighted by atomic mass is 35.5. The molecule has 4 aromatic rings. The van der Waals surface area contributed by atoms with Gasteiger partial charge >= 0.3 is 0 Å². The van der Waals surface area contributed by atoms with Gasteiger partial charge in [0.25, 0.3) is 11.5 Å². The number of nitrogens with one attached hydrogen (secondary N) is 1. The molecule has 0 saturated heterocycles. The van der Waals surface area contributed by atoms with Gasteiger partial charge in [-0.3, -0.25) is 14.2 Å². The van der Waals surface area contributed by atoms with Gasteiger partial charge in [-0.15, -0.1) is 0 Å². The van der Waals surface area contributed by atoms with Crippen molar-refractivity contribution in [2.24, 2.45) is 5.10 Å². The van der Waals surface area contributed by atoms with Crippen LogP contribution in [0.15, 0.2) is 81.8 Å². The van der Waals surface area contributed by atoms with Crippen LogP contribution in [-0.2, 0) is 4.79 Å². The van der Waals surface area contributed by atoms with Crippen LogP contribution in [0.5, 0.6) is 5.75 Å². The van der Waals surface area contributed by atoms with Crippen LogP contribution >= 0.6 is 35.0 Å². The Labute approximate surface area is 215 Å². The lowest BCUT2D eigenvalue weighted by Crippen LogP contribution is -2.24. The van der Waals surface area contributed by atoms with Crippen LogP contribution < -0.4 is 15.7 Å². The number of hydrazone groups is 1. The molecule has 4 rings (SSSR count). The molecule has 0 atom stereocenters. The number of benzene rings is 3. The lowest BCUT2D eigenvalue weighted by atomic mass is 10.2. The van der Waals surface area contributed by atoms with Crippen LogP contribution in [0.3, 0.4) is 0 Å². The molecule has 1 N–H and O–H groups in total. The van der Waals surface area contributed by atoms with E-state index in [9.17, 15) is 9.59 Å². The first kappa shape index (κ1) is 24.8. The van der Waals surface area contributed by atoms with Crippen LogP contribution in [-0.4, -0.2) is 34.0 Å². The predicted octanol–water partition coefficient (Wildman–Crippen LogP) is 5.33. The molecule has 0 aliphatic rings. The van der Waals surface area contributed by atoms with Crippen LogP contribution in [0.1, 0.15) is 12.5 Å². The molecule has 0 unspecified atom stereocenters. The second kappa shape index (κ2) is 11.4. The largest absolute Gasteiger partial charge is 0.494 e. The first-order valence-corrected chi connectivity index (χ1v) is 12.4. The molecule has 10 heteroatoms. The minimum absolute atomic E-state index is 0.0184. The van der Waals surface area contributed by atoms with E-state index in [0.29, 0.717) is 49.7 Å². The number of thioether (sulfide) groups is 1. The summed E-state index contributed by atoms with van der Waals surface area (Å²) >= 11 is 13.3. The molecule has 0 radical (unpaired) electrons. The van der Waals surface area contributed by atoms with Crippen molar-refractivity contribution in [3.63, 3.8) is 0 Å². The Morgan fingerprint density at radius 3 is 2.51 bits per heavy atom. The second-order valence-electron chi connectivity index (χ2n) is 7.20. The third-order valence-electron chi connectivity index (χ3n) is 4.87. The van der Waals surface area contributed by atoms with E-state index in [0.717, 1.165) is 11.8 Å². The number of ether oxygens (including phenoxy) is 1. The first-order valence-electron chi connectivity index (χ1n) is 10.6. The first-order chi connectivity index (χ1) is 17.0. The number of fused-ring (bicyclic) bond motifs is 1.